The highest BCUT2D eigenvalue weighted by Crippen LogP contribution is 2.35. The van der Waals surface area contributed by atoms with Gasteiger partial charge in [-0.3, -0.25) is 14.9 Å². The number of carbonyl (C=O) groups is 1. The smallest absolute Gasteiger partial charge is 0.324 e. The van der Waals surface area contributed by atoms with Crippen LogP contribution in [-0.4, -0.2) is 29.1 Å². The molecule has 1 aliphatic rings. The Bertz CT molecular complexity index is 494. The topological polar surface area (TPSA) is 92.5 Å². The number of thiophene rings is 1. The van der Waals surface area contributed by atoms with E-state index in [9.17, 15) is 20.0 Å². The Balaban J connectivity index is 1.95. The fourth-order valence-electron chi connectivity index (χ4n) is 2.60. The summed E-state index contributed by atoms with van der Waals surface area (Å²) in [5.41, 5.74) is -0.225. The Morgan fingerprint density at radius 2 is 2.10 bits per heavy atom. The van der Waals surface area contributed by atoms with Gasteiger partial charge in [0.15, 0.2) is 0 Å². The van der Waals surface area contributed by atoms with Gasteiger partial charge in [-0.1, -0.05) is 30.6 Å². The van der Waals surface area contributed by atoms with E-state index in [-0.39, 0.29) is 22.9 Å². The first-order valence-electron chi connectivity index (χ1n) is 6.70. The molecule has 0 spiro atoms. The molecule has 1 heterocycles. The predicted octanol–water partition coefficient (Wildman–Crippen LogP) is 2.33. The number of amides is 1. The molecule has 20 heavy (non-hydrogen) atoms. The number of nitrogens with one attached hydrogen (secondary N) is 1. The molecular formula is C13H18N2O4S. The van der Waals surface area contributed by atoms with Crippen molar-refractivity contribution >= 4 is 22.2 Å². The molecule has 1 aromatic heterocycles. The normalized spacial score (nSPS) is 17.6. The monoisotopic (exact) mass is 298 g/mol. The van der Waals surface area contributed by atoms with E-state index in [1.807, 2.05) is 0 Å². The van der Waals surface area contributed by atoms with Crippen molar-refractivity contribution < 1.29 is 14.8 Å². The number of nitro groups is 1. The SMILES string of the molecule is O=C(NCC1(CO)CCCCC1)c1ccc([N+](=O)[O-])s1. The minimum atomic E-state index is -0.502. The second-order valence-corrected chi connectivity index (χ2v) is 6.36. The van der Waals surface area contributed by atoms with Gasteiger partial charge < -0.3 is 10.4 Å². The summed E-state index contributed by atoms with van der Waals surface area (Å²) in [5.74, 6) is -0.304. The third-order valence-electron chi connectivity index (χ3n) is 3.87. The van der Waals surface area contributed by atoms with Crippen molar-refractivity contribution in [2.45, 2.75) is 32.1 Å². The molecule has 2 rings (SSSR count). The molecule has 1 aliphatic carbocycles. The molecule has 0 unspecified atom stereocenters. The van der Waals surface area contributed by atoms with Crippen molar-refractivity contribution in [3.8, 4) is 0 Å². The Morgan fingerprint density at radius 1 is 1.40 bits per heavy atom. The summed E-state index contributed by atoms with van der Waals surface area (Å²) in [6.07, 6.45) is 5.14. The Labute approximate surface area is 121 Å². The van der Waals surface area contributed by atoms with E-state index in [1.54, 1.807) is 0 Å². The van der Waals surface area contributed by atoms with Gasteiger partial charge in [0.2, 0.25) is 0 Å². The van der Waals surface area contributed by atoms with Crippen LogP contribution in [0.3, 0.4) is 0 Å². The Morgan fingerprint density at radius 3 is 2.65 bits per heavy atom. The Hall–Kier alpha value is -1.47. The maximum Gasteiger partial charge on any atom is 0.324 e. The fourth-order valence-corrected chi connectivity index (χ4v) is 3.33. The van der Waals surface area contributed by atoms with Crippen molar-refractivity contribution in [2.24, 2.45) is 5.41 Å². The fraction of sp³-hybridized carbons (Fsp3) is 0.615. The zero-order chi connectivity index (χ0) is 14.6. The second kappa shape index (κ2) is 6.32. The van der Waals surface area contributed by atoms with Gasteiger partial charge in [-0.15, -0.1) is 0 Å². The minimum absolute atomic E-state index is 0.0373. The predicted molar refractivity (Wildman–Crippen MR) is 75.9 cm³/mol. The van der Waals surface area contributed by atoms with Crippen LogP contribution in [0.4, 0.5) is 5.00 Å². The molecule has 7 heteroatoms. The molecule has 2 N–H and O–H groups in total. The molecular weight excluding hydrogens is 280 g/mol. The molecule has 1 saturated carbocycles. The lowest BCUT2D eigenvalue weighted by Gasteiger charge is -2.35. The molecule has 0 aliphatic heterocycles. The second-order valence-electron chi connectivity index (χ2n) is 5.30. The summed E-state index contributed by atoms with van der Waals surface area (Å²) in [7, 11) is 0. The third-order valence-corrected chi connectivity index (χ3v) is 4.90. The van der Waals surface area contributed by atoms with E-state index in [1.165, 1.54) is 18.6 Å². The third kappa shape index (κ3) is 3.34. The number of hydrogen-bond donors (Lipinski definition) is 2. The van der Waals surface area contributed by atoms with Gasteiger partial charge in [0.1, 0.15) is 0 Å². The first-order valence-corrected chi connectivity index (χ1v) is 7.51. The van der Waals surface area contributed by atoms with Crippen LogP contribution in [0.5, 0.6) is 0 Å². The summed E-state index contributed by atoms with van der Waals surface area (Å²) in [5, 5.41) is 22.9. The molecule has 0 bridgehead atoms. The van der Waals surface area contributed by atoms with Crippen LogP contribution in [0.2, 0.25) is 0 Å². The average Bonchev–Trinajstić information content (AvgIpc) is 2.96. The summed E-state index contributed by atoms with van der Waals surface area (Å²) in [6, 6.07) is 2.80. The lowest BCUT2D eigenvalue weighted by Crippen LogP contribution is -2.41. The van der Waals surface area contributed by atoms with E-state index in [0.717, 1.165) is 37.0 Å². The number of nitrogens with zero attached hydrogens (tertiary/aromatic N) is 1. The summed E-state index contributed by atoms with van der Waals surface area (Å²) >= 11 is 0.869. The van der Waals surface area contributed by atoms with Crippen LogP contribution in [0.25, 0.3) is 0 Å². The lowest BCUT2D eigenvalue weighted by atomic mass is 9.74. The van der Waals surface area contributed by atoms with Crippen molar-refractivity contribution in [1.82, 2.24) is 5.32 Å². The summed E-state index contributed by atoms with van der Waals surface area (Å²) in [6.45, 7) is 0.492. The van der Waals surface area contributed by atoms with Crippen molar-refractivity contribution in [1.29, 1.82) is 0 Å². The molecule has 0 radical (unpaired) electrons. The summed E-state index contributed by atoms with van der Waals surface area (Å²) in [4.78, 5) is 22.4. The van der Waals surface area contributed by atoms with E-state index in [4.69, 9.17) is 0 Å². The van der Waals surface area contributed by atoms with Crippen LogP contribution < -0.4 is 5.32 Å². The number of hydrogen-bond acceptors (Lipinski definition) is 5. The maximum absolute atomic E-state index is 12.0. The number of aliphatic hydroxyl groups excluding tert-OH is 1. The zero-order valence-corrected chi connectivity index (χ0v) is 11.9. The highest BCUT2D eigenvalue weighted by Gasteiger charge is 2.32. The molecule has 0 aromatic carbocycles. The van der Waals surface area contributed by atoms with Gasteiger partial charge in [-0.25, -0.2) is 0 Å². The average molecular weight is 298 g/mol. The van der Waals surface area contributed by atoms with E-state index in [0.29, 0.717) is 11.4 Å². The van der Waals surface area contributed by atoms with Crippen molar-refractivity contribution in [3.05, 3.63) is 27.1 Å². The molecule has 1 fully saturated rings. The van der Waals surface area contributed by atoms with Crippen molar-refractivity contribution in [3.63, 3.8) is 0 Å². The number of rotatable bonds is 5. The lowest BCUT2D eigenvalue weighted by molar-refractivity contribution is -0.380. The van der Waals surface area contributed by atoms with E-state index >= 15 is 0 Å². The molecule has 0 atom stereocenters. The first-order chi connectivity index (χ1) is 9.56. The molecule has 0 saturated heterocycles. The highest BCUT2D eigenvalue weighted by atomic mass is 32.1. The molecule has 6 nitrogen and oxygen atoms in total. The highest BCUT2D eigenvalue weighted by molar-refractivity contribution is 7.17. The first kappa shape index (κ1) is 14.9. The van der Waals surface area contributed by atoms with Crippen molar-refractivity contribution in [2.75, 3.05) is 13.2 Å². The van der Waals surface area contributed by atoms with E-state index in [2.05, 4.69) is 5.32 Å². The van der Waals surface area contributed by atoms with Gasteiger partial charge in [0, 0.05) is 18.0 Å². The van der Waals surface area contributed by atoms with Gasteiger partial charge in [-0.2, -0.15) is 0 Å². The quantitative estimate of drug-likeness (QED) is 0.644. The zero-order valence-electron chi connectivity index (χ0n) is 11.1. The summed E-state index contributed by atoms with van der Waals surface area (Å²) < 4.78 is 0. The number of carbonyl (C=O) groups excluding carboxylic acids is 1. The molecule has 1 aromatic rings. The number of aliphatic hydroxyl groups is 1. The van der Waals surface area contributed by atoms with Gasteiger partial charge in [-0.05, 0) is 18.9 Å². The molecule has 1 amide bonds. The maximum atomic E-state index is 12.0. The van der Waals surface area contributed by atoms with Crippen LogP contribution in [0.15, 0.2) is 12.1 Å². The van der Waals surface area contributed by atoms with Crippen LogP contribution in [0, 0.1) is 15.5 Å². The van der Waals surface area contributed by atoms with Crippen LogP contribution in [-0.2, 0) is 0 Å². The van der Waals surface area contributed by atoms with E-state index < -0.39 is 4.92 Å². The minimum Gasteiger partial charge on any atom is -0.396 e. The van der Waals surface area contributed by atoms with Crippen LogP contribution in [0.1, 0.15) is 41.8 Å². The largest absolute Gasteiger partial charge is 0.396 e. The Kier molecular flexibility index (Phi) is 4.72. The van der Waals surface area contributed by atoms with Crippen LogP contribution >= 0.6 is 11.3 Å². The molecule has 110 valence electrons. The van der Waals surface area contributed by atoms with Gasteiger partial charge in [0.25, 0.3) is 5.91 Å². The van der Waals surface area contributed by atoms with Gasteiger partial charge in [0.05, 0.1) is 16.4 Å². The van der Waals surface area contributed by atoms with Gasteiger partial charge >= 0.3 is 5.00 Å². The standard InChI is InChI=1S/C13H18N2O4S/c16-9-13(6-2-1-3-7-13)8-14-12(17)10-4-5-11(20-10)15(18)19/h4-5,16H,1-3,6-9H2,(H,14,17).